The monoisotopic (exact) mass is 279 g/mol. The number of hydrogen-bond donors (Lipinski definition) is 1. The number of aromatic nitrogens is 1. The van der Waals surface area contributed by atoms with Crippen molar-refractivity contribution in [3.8, 4) is 5.75 Å². The predicted molar refractivity (Wildman–Crippen MR) is 83.0 cm³/mol. The smallest absolute Gasteiger partial charge is 0.143 e. The van der Waals surface area contributed by atoms with Crippen LogP contribution in [0.1, 0.15) is 69.7 Å². The Kier molecular flexibility index (Phi) is 9.05. The summed E-state index contributed by atoms with van der Waals surface area (Å²) in [4.78, 5) is 4.27. The molecule has 0 aliphatic carbocycles. The topological polar surface area (TPSA) is 42.4 Å². The lowest BCUT2D eigenvalue weighted by Gasteiger charge is -2.10. The van der Waals surface area contributed by atoms with E-state index in [1.54, 1.807) is 0 Å². The summed E-state index contributed by atoms with van der Waals surface area (Å²) in [5.74, 6) is 0.723. The molecule has 0 atom stereocenters. The fraction of sp³-hybridized carbons (Fsp3) is 0.706. The molecule has 1 N–H and O–H groups in total. The number of aryl methyl sites for hydroxylation is 1. The Morgan fingerprint density at radius 3 is 2.30 bits per heavy atom. The molecular weight excluding hydrogens is 250 g/mol. The molecule has 0 aliphatic rings. The number of hydrogen-bond acceptors (Lipinski definition) is 3. The third-order valence-corrected chi connectivity index (χ3v) is 3.48. The Morgan fingerprint density at radius 1 is 1.00 bits per heavy atom. The number of unbranched alkanes of at least 4 members (excludes halogenated alkanes) is 7. The van der Waals surface area contributed by atoms with Crippen LogP contribution in [0.3, 0.4) is 0 Å². The van der Waals surface area contributed by atoms with E-state index in [2.05, 4.69) is 11.9 Å². The maximum atomic E-state index is 9.24. The first-order chi connectivity index (χ1) is 9.77. The Bertz CT molecular complexity index is 366. The zero-order valence-electron chi connectivity index (χ0n) is 13.0. The van der Waals surface area contributed by atoms with E-state index in [-0.39, 0.29) is 6.61 Å². The average Bonchev–Trinajstić information content (AvgIpc) is 2.46. The minimum Gasteiger partial charge on any atom is -0.492 e. The molecule has 0 spiro atoms. The van der Waals surface area contributed by atoms with Gasteiger partial charge in [0, 0.05) is 5.69 Å². The average molecular weight is 279 g/mol. The molecule has 1 aromatic heterocycles. The van der Waals surface area contributed by atoms with Gasteiger partial charge in [-0.25, -0.2) is 0 Å². The van der Waals surface area contributed by atoms with Gasteiger partial charge in [-0.3, -0.25) is 4.98 Å². The van der Waals surface area contributed by atoms with E-state index in [1.807, 2.05) is 19.1 Å². The van der Waals surface area contributed by atoms with Gasteiger partial charge in [0.25, 0.3) is 0 Å². The zero-order valence-corrected chi connectivity index (χ0v) is 13.0. The van der Waals surface area contributed by atoms with Gasteiger partial charge < -0.3 is 9.84 Å². The number of aliphatic hydroxyl groups is 1. The van der Waals surface area contributed by atoms with Gasteiger partial charge in [0.2, 0.25) is 0 Å². The SMILES string of the molecule is CCCCCCCCCCOc1ccc(C)nc1CO. The number of aliphatic hydroxyl groups excluding tert-OH is 1. The molecule has 0 radical (unpaired) electrons. The molecule has 0 amide bonds. The molecule has 3 nitrogen and oxygen atoms in total. The summed E-state index contributed by atoms with van der Waals surface area (Å²) in [6.45, 7) is 4.82. The summed E-state index contributed by atoms with van der Waals surface area (Å²) in [6, 6.07) is 3.82. The van der Waals surface area contributed by atoms with Gasteiger partial charge in [-0.1, -0.05) is 51.9 Å². The predicted octanol–water partition coefficient (Wildman–Crippen LogP) is 4.40. The van der Waals surface area contributed by atoms with Crippen LogP contribution in [0.25, 0.3) is 0 Å². The Balaban J connectivity index is 2.09. The molecule has 0 aliphatic heterocycles. The molecule has 0 saturated heterocycles. The zero-order chi connectivity index (χ0) is 14.6. The van der Waals surface area contributed by atoms with Gasteiger partial charge in [-0.2, -0.15) is 0 Å². The summed E-state index contributed by atoms with van der Waals surface area (Å²) in [5, 5.41) is 9.24. The van der Waals surface area contributed by atoms with Crippen molar-refractivity contribution in [2.75, 3.05) is 6.61 Å². The van der Waals surface area contributed by atoms with Gasteiger partial charge >= 0.3 is 0 Å². The Hall–Kier alpha value is -1.09. The van der Waals surface area contributed by atoms with E-state index in [0.717, 1.165) is 17.9 Å². The standard InChI is InChI=1S/C17H29NO2/c1-3-4-5-6-7-8-9-10-13-20-17-12-11-15(2)18-16(17)14-19/h11-12,19H,3-10,13-14H2,1-2H3. The molecule has 0 bridgehead atoms. The van der Waals surface area contributed by atoms with Crippen molar-refractivity contribution in [3.05, 3.63) is 23.5 Å². The lowest BCUT2D eigenvalue weighted by molar-refractivity contribution is 0.254. The van der Waals surface area contributed by atoms with Crippen LogP contribution in [0.2, 0.25) is 0 Å². The van der Waals surface area contributed by atoms with E-state index < -0.39 is 0 Å². The molecule has 114 valence electrons. The van der Waals surface area contributed by atoms with Gasteiger partial charge in [-0.15, -0.1) is 0 Å². The van der Waals surface area contributed by atoms with Crippen LogP contribution >= 0.6 is 0 Å². The van der Waals surface area contributed by atoms with Crippen molar-refractivity contribution < 1.29 is 9.84 Å². The molecule has 1 rings (SSSR count). The van der Waals surface area contributed by atoms with Crippen LogP contribution in [-0.2, 0) is 6.61 Å². The number of ether oxygens (including phenoxy) is 1. The van der Waals surface area contributed by atoms with Gasteiger partial charge in [0.1, 0.15) is 11.4 Å². The van der Waals surface area contributed by atoms with Crippen LogP contribution in [-0.4, -0.2) is 16.7 Å². The number of rotatable bonds is 11. The number of pyridine rings is 1. The van der Waals surface area contributed by atoms with Gasteiger partial charge in [0.05, 0.1) is 13.2 Å². The van der Waals surface area contributed by atoms with Crippen molar-refractivity contribution in [1.82, 2.24) is 4.98 Å². The van der Waals surface area contributed by atoms with Crippen LogP contribution in [0.5, 0.6) is 5.75 Å². The van der Waals surface area contributed by atoms with Crippen LogP contribution in [0.4, 0.5) is 0 Å². The fourth-order valence-electron chi connectivity index (χ4n) is 2.26. The summed E-state index contributed by atoms with van der Waals surface area (Å²) < 4.78 is 5.71. The van der Waals surface area contributed by atoms with Crippen molar-refractivity contribution in [1.29, 1.82) is 0 Å². The van der Waals surface area contributed by atoms with Gasteiger partial charge in [0.15, 0.2) is 0 Å². The Morgan fingerprint density at radius 2 is 1.65 bits per heavy atom. The minimum absolute atomic E-state index is 0.0611. The third kappa shape index (κ3) is 6.90. The quantitative estimate of drug-likeness (QED) is 0.610. The summed E-state index contributed by atoms with van der Waals surface area (Å²) >= 11 is 0. The molecule has 0 fully saturated rings. The Labute approximate surface area is 123 Å². The lowest BCUT2D eigenvalue weighted by atomic mass is 10.1. The van der Waals surface area contributed by atoms with Crippen molar-refractivity contribution in [2.24, 2.45) is 0 Å². The first-order valence-corrected chi connectivity index (χ1v) is 7.98. The third-order valence-electron chi connectivity index (χ3n) is 3.48. The van der Waals surface area contributed by atoms with E-state index in [0.29, 0.717) is 12.3 Å². The second-order valence-electron chi connectivity index (χ2n) is 5.38. The molecule has 3 heteroatoms. The second kappa shape index (κ2) is 10.7. The van der Waals surface area contributed by atoms with Crippen LogP contribution < -0.4 is 4.74 Å². The maximum absolute atomic E-state index is 9.24. The molecule has 0 saturated carbocycles. The minimum atomic E-state index is -0.0611. The highest BCUT2D eigenvalue weighted by Crippen LogP contribution is 2.17. The van der Waals surface area contributed by atoms with Crippen molar-refractivity contribution in [3.63, 3.8) is 0 Å². The largest absolute Gasteiger partial charge is 0.492 e. The van der Waals surface area contributed by atoms with Crippen LogP contribution in [0, 0.1) is 6.92 Å². The summed E-state index contributed by atoms with van der Waals surface area (Å²) in [5.41, 5.74) is 1.55. The highest BCUT2D eigenvalue weighted by atomic mass is 16.5. The first kappa shape index (κ1) is 17.0. The van der Waals surface area contributed by atoms with Gasteiger partial charge in [-0.05, 0) is 25.5 Å². The molecule has 1 aromatic rings. The fourth-order valence-corrected chi connectivity index (χ4v) is 2.26. The normalized spacial score (nSPS) is 10.8. The number of nitrogens with zero attached hydrogens (tertiary/aromatic N) is 1. The van der Waals surface area contributed by atoms with E-state index in [1.165, 1.54) is 44.9 Å². The molecule has 0 aromatic carbocycles. The second-order valence-corrected chi connectivity index (χ2v) is 5.38. The van der Waals surface area contributed by atoms with Crippen LogP contribution in [0.15, 0.2) is 12.1 Å². The summed E-state index contributed by atoms with van der Waals surface area (Å²) in [7, 11) is 0. The van der Waals surface area contributed by atoms with E-state index >= 15 is 0 Å². The maximum Gasteiger partial charge on any atom is 0.143 e. The molecule has 20 heavy (non-hydrogen) atoms. The molecule has 1 heterocycles. The highest BCUT2D eigenvalue weighted by molar-refractivity contribution is 5.28. The van der Waals surface area contributed by atoms with Crippen molar-refractivity contribution >= 4 is 0 Å². The molecular formula is C17H29NO2. The van der Waals surface area contributed by atoms with Crippen molar-refractivity contribution in [2.45, 2.75) is 71.8 Å². The van der Waals surface area contributed by atoms with E-state index in [9.17, 15) is 5.11 Å². The highest BCUT2D eigenvalue weighted by Gasteiger charge is 2.04. The summed E-state index contributed by atoms with van der Waals surface area (Å²) in [6.07, 6.45) is 10.4. The van der Waals surface area contributed by atoms with E-state index in [4.69, 9.17) is 4.74 Å². The molecule has 0 unspecified atom stereocenters. The first-order valence-electron chi connectivity index (χ1n) is 7.98. The lowest BCUT2D eigenvalue weighted by Crippen LogP contribution is -2.02.